The Kier molecular flexibility index (Phi) is 5.12. The summed E-state index contributed by atoms with van der Waals surface area (Å²) in [7, 11) is -2.81. The summed E-state index contributed by atoms with van der Waals surface area (Å²) in [5.74, 6) is 0. The molecule has 2 heteroatoms. The van der Waals surface area contributed by atoms with Gasteiger partial charge in [0.25, 0.3) is 0 Å². The number of rotatable bonds is 5. The van der Waals surface area contributed by atoms with Gasteiger partial charge in [-0.05, 0) is 13.8 Å². The average molecular weight is 258 g/mol. The summed E-state index contributed by atoms with van der Waals surface area (Å²) >= 11 is 0. The standard InChI is InChI=1S/C16H19OP/c1-5-14(6-2)18(17,15(7-3)8-4)16-12-10-9-11-13-16/h5-13H,1,3H2,2,4H3/b14-6+,15-8+. The van der Waals surface area contributed by atoms with Gasteiger partial charge in [-0.25, -0.2) is 0 Å². The fourth-order valence-electron chi connectivity index (χ4n) is 1.94. The van der Waals surface area contributed by atoms with E-state index in [1.807, 2.05) is 56.3 Å². The number of hydrogen-bond donors (Lipinski definition) is 0. The molecular formula is C16H19OP. The van der Waals surface area contributed by atoms with E-state index in [2.05, 4.69) is 13.2 Å². The maximum atomic E-state index is 13.5. The van der Waals surface area contributed by atoms with Gasteiger partial charge < -0.3 is 4.57 Å². The summed E-state index contributed by atoms with van der Waals surface area (Å²) in [6.07, 6.45) is 7.04. The summed E-state index contributed by atoms with van der Waals surface area (Å²) in [4.78, 5) is 0. The minimum atomic E-state index is -2.81. The Labute approximate surface area is 110 Å². The topological polar surface area (TPSA) is 17.1 Å². The van der Waals surface area contributed by atoms with Crippen molar-refractivity contribution in [1.82, 2.24) is 0 Å². The van der Waals surface area contributed by atoms with E-state index >= 15 is 0 Å². The molecule has 0 radical (unpaired) electrons. The van der Waals surface area contributed by atoms with Crippen LogP contribution in [-0.4, -0.2) is 0 Å². The molecule has 94 valence electrons. The van der Waals surface area contributed by atoms with E-state index in [0.717, 1.165) is 15.9 Å². The van der Waals surface area contributed by atoms with Crippen LogP contribution in [0.4, 0.5) is 0 Å². The largest absolute Gasteiger partial charge is 0.309 e. The molecule has 1 aromatic rings. The molecule has 0 aliphatic heterocycles. The Hall–Kier alpha value is -1.59. The lowest BCUT2D eigenvalue weighted by molar-refractivity contribution is 0.589. The predicted octanol–water partition coefficient (Wildman–Crippen LogP) is 4.85. The number of benzene rings is 1. The monoisotopic (exact) mass is 258 g/mol. The van der Waals surface area contributed by atoms with Gasteiger partial charge in [0.2, 0.25) is 0 Å². The van der Waals surface area contributed by atoms with Crippen molar-refractivity contribution in [2.45, 2.75) is 13.8 Å². The third-order valence-corrected chi connectivity index (χ3v) is 6.22. The summed E-state index contributed by atoms with van der Waals surface area (Å²) < 4.78 is 13.5. The quantitative estimate of drug-likeness (QED) is 0.544. The third kappa shape index (κ3) is 2.47. The van der Waals surface area contributed by atoms with Crippen LogP contribution in [-0.2, 0) is 4.57 Å². The summed E-state index contributed by atoms with van der Waals surface area (Å²) in [6.45, 7) is 11.3. The van der Waals surface area contributed by atoms with E-state index < -0.39 is 7.14 Å². The van der Waals surface area contributed by atoms with Crippen molar-refractivity contribution in [3.63, 3.8) is 0 Å². The van der Waals surface area contributed by atoms with Crippen molar-refractivity contribution >= 4 is 12.4 Å². The van der Waals surface area contributed by atoms with Gasteiger partial charge in [0, 0.05) is 15.9 Å². The molecule has 1 aromatic carbocycles. The Morgan fingerprint density at radius 3 is 1.78 bits per heavy atom. The van der Waals surface area contributed by atoms with Crippen LogP contribution in [0.1, 0.15) is 13.8 Å². The van der Waals surface area contributed by atoms with Gasteiger partial charge in [0.1, 0.15) is 0 Å². The van der Waals surface area contributed by atoms with Crippen molar-refractivity contribution < 1.29 is 4.57 Å². The van der Waals surface area contributed by atoms with Crippen LogP contribution in [0.3, 0.4) is 0 Å². The van der Waals surface area contributed by atoms with Gasteiger partial charge in [-0.3, -0.25) is 0 Å². The first-order valence-corrected chi connectivity index (χ1v) is 7.60. The second-order valence-electron chi connectivity index (χ2n) is 3.78. The molecule has 0 saturated heterocycles. The summed E-state index contributed by atoms with van der Waals surface area (Å²) in [6, 6.07) is 9.49. The van der Waals surface area contributed by atoms with Gasteiger partial charge in [-0.15, -0.1) is 0 Å². The summed E-state index contributed by atoms with van der Waals surface area (Å²) in [5, 5.41) is 2.31. The Morgan fingerprint density at radius 2 is 1.44 bits per heavy atom. The van der Waals surface area contributed by atoms with E-state index in [1.165, 1.54) is 0 Å². The van der Waals surface area contributed by atoms with E-state index in [0.29, 0.717) is 0 Å². The van der Waals surface area contributed by atoms with Crippen LogP contribution in [0.15, 0.2) is 78.4 Å². The first-order chi connectivity index (χ1) is 8.64. The zero-order valence-corrected chi connectivity index (χ0v) is 11.9. The molecule has 18 heavy (non-hydrogen) atoms. The molecule has 0 N–H and O–H groups in total. The van der Waals surface area contributed by atoms with Crippen molar-refractivity contribution in [1.29, 1.82) is 0 Å². The molecular weight excluding hydrogens is 239 g/mol. The highest BCUT2D eigenvalue weighted by Gasteiger charge is 2.29. The third-order valence-electron chi connectivity index (χ3n) is 2.86. The fraction of sp³-hybridized carbons (Fsp3) is 0.125. The predicted molar refractivity (Wildman–Crippen MR) is 81.6 cm³/mol. The Balaban J connectivity index is 3.60. The first-order valence-electron chi connectivity index (χ1n) is 5.89. The molecule has 0 heterocycles. The van der Waals surface area contributed by atoms with Crippen LogP contribution >= 0.6 is 7.14 Å². The highest BCUT2D eigenvalue weighted by Crippen LogP contribution is 2.60. The normalized spacial score (nSPS) is 15.9. The minimum absolute atomic E-state index is 0.752. The van der Waals surface area contributed by atoms with E-state index in [9.17, 15) is 4.57 Å². The Morgan fingerprint density at radius 1 is 1.00 bits per heavy atom. The van der Waals surface area contributed by atoms with Crippen LogP contribution in [0.5, 0.6) is 0 Å². The lowest BCUT2D eigenvalue weighted by Gasteiger charge is -2.21. The maximum Gasteiger partial charge on any atom is 0.170 e. The molecule has 0 aliphatic carbocycles. The van der Waals surface area contributed by atoms with E-state index in [-0.39, 0.29) is 0 Å². The molecule has 0 amide bonds. The molecule has 0 aliphatic rings. The summed E-state index contributed by atoms with van der Waals surface area (Å²) in [5.41, 5.74) is 0. The molecule has 0 fully saturated rings. The van der Waals surface area contributed by atoms with Gasteiger partial charge in [0.05, 0.1) is 0 Å². The van der Waals surface area contributed by atoms with Crippen LogP contribution < -0.4 is 5.30 Å². The second-order valence-corrected chi connectivity index (χ2v) is 6.55. The van der Waals surface area contributed by atoms with Crippen LogP contribution in [0.25, 0.3) is 0 Å². The lowest BCUT2D eigenvalue weighted by Crippen LogP contribution is -2.06. The zero-order valence-electron chi connectivity index (χ0n) is 11.0. The molecule has 0 saturated carbocycles. The average Bonchev–Trinajstić information content (AvgIpc) is 2.42. The molecule has 1 rings (SSSR count). The van der Waals surface area contributed by atoms with Crippen molar-refractivity contribution in [3.05, 3.63) is 78.4 Å². The van der Waals surface area contributed by atoms with Gasteiger partial charge in [-0.2, -0.15) is 0 Å². The van der Waals surface area contributed by atoms with Crippen molar-refractivity contribution in [2.75, 3.05) is 0 Å². The number of allylic oxidation sites excluding steroid dienone is 6. The van der Waals surface area contributed by atoms with Gasteiger partial charge >= 0.3 is 0 Å². The second kappa shape index (κ2) is 6.37. The first kappa shape index (κ1) is 14.5. The van der Waals surface area contributed by atoms with Crippen molar-refractivity contribution in [2.24, 2.45) is 0 Å². The highest BCUT2D eigenvalue weighted by atomic mass is 31.2. The van der Waals surface area contributed by atoms with Crippen LogP contribution in [0.2, 0.25) is 0 Å². The highest BCUT2D eigenvalue weighted by molar-refractivity contribution is 7.79. The Bertz CT molecular complexity index is 507. The molecule has 0 aromatic heterocycles. The fourth-order valence-corrected chi connectivity index (χ4v) is 4.67. The van der Waals surface area contributed by atoms with Crippen LogP contribution in [0, 0.1) is 0 Å². The van der Waals surface area contributed by atoms with Gasteiger partial charge in [0.15, 0.2) is 7.14 Å². The lowest BCUT2D eigenvalue weighted by atomic mass is 10.4. The zero-order chi connectivity index (χ0) is 13.6. The molecule has 0 bridgehead atoms. The van der Waals surface area contributed by atoms with Gasteiger partial charge in [-0.1, -0.05) is 67.8 Å². The van der Waals surface area contributed by atoms with E-state index in [1.54, 1.807) is 12.2 Å². The molecule has 0 unspecified atom stereocenters. The number of hydrogen-bond acceptors (Lipinski definition) is 1. The SMILES string of the molecule is C=C/C(=C\C)P(=O)(/C(C=C)=C/C)c1ccccc1. The maximum absolute atomic E-state index is 13.5. The minimum Gasteiger partial charge on any atom is -0.309 e. The van der Waals surface area contributed by atoms with E-state index in [4.69, 9.17) is 0 Å². The van der Waals surface area contributed by atoms with Crippen molar-refractivity contribution in [3.8, 4) is 0 Å². The molecule has 0 spiro atoms. The molecule has 1 nitrogen and oxygen atoms in total. The molecule has 0 atom stereocenters. The smallest absolute Gasteiger partial charge is 0.170 e.